The number of carbonyl (C=O) groups is 3. The smallest absolute Gasteiger partial charge is 0.461 e. The Labute approximate surface area is 233 Å². The lowest BCUT2D eigenvalue weighted by molar-refractivity contribution is -0.189. The van der Waals surface area contributed by atoms with E-state index in [4.69, 9.17) is 22.1 Å². The molecular weight excluding hydrogens is 574 g/mol. The number of amides is 1. The number of rotatable bonds is 7. The van der Waals surface area contributed by atoms with Gasteiger partial charge in [-0.15, -0.1) is 0 Å². The number of anilines is 2. The number of hydrogen-bond acceptors (Lipinski definition) is 8. The Hall–Kier alpha value is -4.98. The Bertz CT molecular complexity index is 1640. The van der Waals surface area contributed by atoms with Crippen LogP contribution in [0.25, 0.3) is 16.9 Å². The Morgan fingerprint density at radius 1 is 1.07 bits per heavy atom. The summed E-state index contributed by atoms with van der Waals surface area (Å²) in [7, 11) is 0. The number of alkyl halides is 3. The van der Waals surface area contributed by atoms with Crippen LogP contribution < -0.4 is 15.8 Å². The van der Waals surface area contributed by atoms with Crippen molar-refractivity contribution in [1.29, 1.82) is 0 Å². The second kappa shape index (κ2) is 11.6. The van der Waals surface area contributed by atoms with Crippen LogP contribution in [0.1, 0.15) is 27.8 Å². The van der Waals surface area contributed by atoms with Crippen LogP contribution in [0.3, 0.4) is 0 Å². The van der Waals surface area contributed by atoms with Gasteiger partial charge in [-0.05, 0) is 43.3 Å². The average molecular weight is 592 g/mol. The van der Waals surface area contributed by atoms with Gasteiger partial charge < -0.3 is 20.5 Å². The van der Waals surface area contributed by atoms with E-state index in [0.717, 1.165) is 24.3 Å². The van der Waals surface area contributed by atoms with Crippen molar-refractivity contribution in [3.05, 3.63) is 82.8 Å². The third-order valence-corrected chi connectivity index (χ3v) is 5.65. The van der Waals surface area contributed by atoms with Crippen molar-refractivity contribution in [2.24, 2.45) is 0 Å². The number of halogens is 5. The monoisotopic (exact) mass is 591 g/mol. The van der Waals surface area contributed by atoms with E-state index in [-0.39, 0.29) is 40.0 Å². The maximum absolute atomic E-state index is 14.9. The van der Waals surface area contributed by atoms with Gasteiger partial charge in [0.1, 0.15) is 11.6 Å². The number of nitrogens with zero attached hydrogens (tertiary/aromatic N) is 3. The minimum Gasteiger partial charge on any atom is -0.461 e. The molecule has 0 bridgehead atoms. The van der Waals surface area contributed by atoms with Gasteiger partial charge in [0, 0.05) is 11.6 Å². The van der Waals surface area contributed by atoms with Gasteiger partial charge in [-0.3, -0.25) is 4.79 Å². The first-order valence-electron chi connectivity index (χ1n) is 11.6. The lowest BCUT2D eigenvalue weighted by atomic mass is 10.1. The predicted octanol–water partition coefficient (Wildman–Crippen LogP) is 5.21. The Balaban J connectivity index is 1.67. The number of hydrogen-bond donors (Lipinski definition) is 2. The summed E-state index contributed by atoms with van der Waals surface area (Å²) in [6, 6.07) is 13.6. The quantitative estimate of drug-likeness (QED) is 0.221. The Kier molecular flexibility index (Phi) is 8.23. The zero-order valence-electron chi connectivity index (χ0n) is 20.8. The highest BCUT2D eigenvalue weighted by Crippen LogP contribution is 2.32. The summed E-state index contributed by atoms with van der Waals surface area (Å²) >= 11 is 6.15. The highest BCUT2D eigenvalue weighted by molar-refractivity contribution is 6.34. The number of pyridine rings is 1. The standard InChI is InChI=1S/C26H18ClF4N5O5/c1-2-40-24(38)19-12-21(36(35-19)13-6-4-3-5-7-13)34-23(37)14-10-15(17(28)11-16(14)27)18-8-9-20(22(32)33-18)41-25(39)26(29,30)31/h3-12H,2H2,1H3,(H2,32,33)(H,34,37). The molecule has 4 rings (SSSR count). The molecule has 0 aliphatic rings. The number of esters is 2. The second-order valence-corrected chi connectivity index (χ2v) is 8.52. The summed E-state index contributed by atoms with van der Waals surface area (Å²) < 4.78 is 62.8. The fourth-order valence-electron chi connectivity index (χ4n) is 3.50. The first-order valence-corrected chi connectivity index (χ1v) is 12.0. The van der Waals surface area contributed by atoms with E-state index >= 15 is 0 Å². The number of ether oxygens (including phenoxy) is 2. The minimum atomic E-state index is -5.28. The van der Waals surface area contributed by atoms with Crippen LogP contribution in [0.5, 0.6) is 5.75 Å². The van der Waals surface area contributed by atoms with Crippen LogP contribution in [-0.4, -0.2) is 45.4 Å². The molecule has 0 aliphatic carbocycles. The van der Waals surface area contributed by atoms with E-state index in [1.807, 2.05) is 0 Å². The Morgan fingerprint density at radius 3 is 2.41 bits per heavy atom. The van der Waals surface area contributed by atoms with Crippen LogP contribution in [0.15, 0.2) is 60.7 Å². The van der Waals surface area contributed by atoms with Crippen molar-refractivity contribution in [2.45, 2.75) is 13.1 Å². The molecule has 0 aliphatic heterocycles. The van der Waals surface area contributed by atoms with Crippen molar-refractivity contribution in [2.75, 3.05) is 17.7 Å². The zero-order chi connectivity index (χ0) is 29.9. The van der Waals surface area contributed by atoms with Crippen molar-refractivity contribution in [3.63, 3.8) is 0 Å². The molecular formula is C26H18ClF4N5O5. The third-order valence-electron chi connectivity index (χ3n) is 5.33. The van der Waals surface area contributed by atoms with Gasteiger partial charge in [0.2, 0.25) is 0 Å². The van der Waals surface area contributed by atoms with Crippen molar-refractivity contribution < 1.29 is 41.4 Å². The number of nitrogen functional groups attached to an aromatic ring is 1. The first kappa shape index (κ1) is 29.0. The summed E-state index contributed by atoms with van der Waals surface area (Å²) in [5.74, 6) is -6.29. The molecule has 2 heterocycles. The van der Waals surface area contributed by atoms with Gasteiger partial charge in [0.05, 0.1) is 28.6 Å². The fourth-order valence-corrected chi connectivity index (χ4v) is 3.74. The van der Waals surface area contributed by atoms with Crippen LogP contribution in [0.2, 0.25) is 5.02 Å². The molecule has 212 valence electrons. The molecule has 41 heavy (non-hydrogen) atoms. The lowest BCUT2D eigenvalue weighted by Crippen LogP contribution is -2.28. The molecule has 0 fully saturated rings. The molecule has 2 aromatic carbocycles. The highest BCUT2D eigenvalue weighted by atomic mass is 35.5. The van der Waals surface area contributed by atoms with E-state index < -0.39 is 41.4 Å². The molecule has 0 radical (unpaired) electrons. The van der Waals surface area contributed by atoms with Gasteiger partial charge in [0.25, 0.3) is 5.91 Å². The fraction of sp³-hybridized carbons (Fsp3) is 0.115. The number of para-hydroxylation sites is 1. The molecule has 15 heteroatoms. The summed E-state index contributed by atoms with van der Waals surface area (Å²) in [5, 5.41) is 6.49. The second-order valence-electron chi connectivity index (χ2n) is 8.12. The van der Waals surface area contributed by atoms with Crippen LogP contribution in [-0.2, 0) is 9.53 Å². The van der Waals surface area contributed by atoms with E-state index in [2.05, 4.69) is 20.1 Å². The summed E-state index contributed by atoms with van der Waals surface area (Å²) in [6.07, 6.45) is -5.28. The SMILES string of the molecule is CCOC(=O)c1cc(NC(=O)c2cc(-c3ccc(OC(=O)C(F)(F)F)c(N)n3)c(F)cc2Cl)n(-c2ccccc2)n1. The molecule has 0 saturated carbocycles. The van der Waals surface area contributed by atoms with E-state index in [1.165, 1.54) is 10.7 Å². The van der Waals surface area contributed by atoms with E-state index in [0.29, 0.717) is 5.69 Å². The van der Waals surface area contributed by atoms with Crippen molar-refractivity contribution in [1.82, 2.24) is 14.8 Å². The topological polar surface area (TPSA) is 138 Å². The molecule has 10 nitrogen and oxygen atoms in total. The average Bonchev–Trinajstić information content (AvgIpc) is 3.33. The largest absolute Gasteiger partial charge is 0.491 e. The summed E-state index contributed by atoms with van der Waals surface area (Å²) in [5.41, 5.74) is 5.31. The molecule has 3 N–H and O–H groups in total. The molecule has 0 saturated heterocycles. The molecule has 0 unspecified atom stereocenters. The molecule has 0 atom stereocenters. The molecule has 4 aromatic rings. The van der Waals surface area contributed by atoms with Crippen LogP contribution in [0.4, 0.5) is 29.2 Å². The maximum atomic E-state index is 14.9. The number of nitrogens with one attached hydrogen (secondary N) is 1. The van der Waals surface area contributed by atoms with Gasteiger partial charge >= 0.3 is 18.1 Å². The number of benzene rings is 2. The van der Waals surface area contributed by atoms with Crippen LogP contribution >= 0.6 is 11.6 Å². The number of aromatic nitrogens is 3. The van der Waals surface area contributed by atoms with E-state index in [1.54, 1.807) is 37.3 Å². The molecule has 0 spiro atoms. The molecule has 2 aromatic heterocycles. The predicted molar refractivity (Wildman–Crippen MR) is 138 cm³/mol. The maximum Gasteiger partial charge on any atom is 0.491 e. The summed E-state index contributed by atoms with van der Waals surface area (Å²) in [4.78, 5) is 40.5. The van der Waals surface area contributed by atoms with E-state index in [9.17, 15) is 31.9 Å². The molecule has 1 amide bonds. The minimum absolute atomic E-state index is 0.0596. The van der Waals surface area contributed by atoms with Gasteiger partial charge in [-0.2, -0.15) is 18.3 Å². The number of nitrogens with two attached hydrogens (primary N) is 1. The van der Waals surface area contributed by atoms with Gasteiger partial charge in [-0.25, -0.2) is 23.6 Å². The Morgan fingerprint density at radius 2 is 1.78 bits per heavy atom. The van der Waals surface area contributed by atoms with Crippen LogP contribution in [0, 0.1) is 5.82 Å². The van der Waals surface area contributed by atoms with Crippen molar-refractivity contribution >= 4 is 41.1 Å². The third kappa shape index (κ3) is 6.44. The number of carbonyl (C=O) groups excluding carboxylic acids is 3. The first-order chi connectivity index (χ1) is 19.4. The normalized spacial score (nSPS) is 11.2. The van der Waals surface area contributed by atoms with Crippen molar-refractivity contribution in [3.8, 4) is 22.7 Å². The highest BCUT2D eigenvalue weighted by Gasteiger charge is 2.41. The summed E-state index contributed by atoms with van der Waals surface area (Å²) in [6.45, 7) is 1.71. The van der Waals surface area contributed by atoms with Gasteiger partial charge in [-0.1, -0.05) is 29.8 Å². The zero-order valence-corrected chi connectivity index (χ0v) is 21.6. The lowest BCUT2D eigenvalue weighted by Gasteiger charge is -2.13. The van der Waals surface area contributed by atoms with Gasteiger partial charge in [0.15, 0.2) is 17.3 Å².